The minimum Gasteiger partial charge on any atom is -0.469 e. The molecule has 0 aliphatic rings. The van der Waals surface area contributed by atoms with Crippen molar-refractivity contribution >= 4 is 5.97 Å². The van der Waals surface area contributed by atoms with Crippen molar-refractivity contribution in [3.05, 3.63) is 0 Å². The summed E-state index contributed by atoms with van der Waals surface area (Å²) in [5, 5.41) is 3.29. The fourth-order valence-corrected chi connectivity index (χ4v) is 1.63. The van der Waals surface area contributed by atoms with E-state index in [1.54, 1.807) is 0 Å². The van der Waals surface area contributed by atoms with E-state index in [0.717, 1.165) is 13.1 Å². The second-order valence-electron chi connectivity index (χ2n) is 4.40. The van der Waals surface area contributed by atoms with Crippen molar-refractivity contribution in [1.82, 2.24) is 5.32 Å². The first-order chi connectivity index (χ1) is 7.72. The molecule has 0 aromatic carbocycles. The average Bonchev–Trinajstić information content (AvgIpc) is 2.31. The van der Waals surface area contributed by atoms with Gasteiger partial charge in [0.25, 0.3) is 0 Å². The molecule has 1 N–H and O–H groups in total. The van der Waals surface area contributed by atoms with Crippen LogP contribution in [-0.4, -0.2) is 26.2 Å². The summed E-state index contributed by atoms with van der Waals surface area (Å²) in [6, 6.07) is 0. The summed E-state index contributed by atoms with van der Waals surface area (Å²) >= 11 is 0. The first-order valence-electron chi connectivity index (χ1n) is 6.50. The zero-order valence-corrected chi connectivity index (χ0v) is 11.1. The van der Waals surface area contributed by atoms with E-state index in [9.17, 15) is 4.79 Å². The number of hydrogen-bond donors (Lipinski definition) is 1. The van der Waals surface area contributed by atoms with Crippen molar-refractivity contribution in [3.8, 4) is 0 Å². The van der Waals surface area contributed by atoms with Gasteiger partial charge >= 0.3 is 5.97 Å². The molecule has 0 aromatic rings. The van der Waals surface area contributed by atoms with Gasteiger partial charge in [0, 0.05) is 6.54 Å². The SMILES string of the molecule is CCCCCCCCNC[C@H](C)C(=O)OC. The Bertz CT molecular complexity index is 171. The Balaban J connectivity index is 3.17. The maximum atomic E-state index is 11.1. The first kappa shape index (κ1) is 15.4. The summed E-state index contributed by atoms with van der Waals surface area (Å²) in [5.74, 6) is -0.166. The quantitative estimate of drug-likeness (QED) is 0.462. The molecule has 0 bridgehead atoms. The molecule has 96 valence electrons. The normalized spacial score (nSPS) is 12.4. The Morgan fingerprint density at radius 2 is 1.81 bits per heavy atom. The van der Waals surface area contributed by atoms with Crippen LogP contribution in [0.25, 0.3) is 0 Å². The van der Waals surface area contributed by atoms with Crippen molar-refractivity contribution in [2.45, 2.75) is 52.4 Å². The number of carbonyl (C=O) groups is 1. The molecule has 0 saturated carbocycles. The maximum Gasteiger partial charge on any atom is 0.309 e. The lowest BCUT2D eigenvalue weighted by molar-refractivity contribution is -0.144. The van der Waals surface area contributed by atoms with Gasteiger partial charge in [0.05, 0.1) is 13.0 Å². The van der Waals surface area contributed by atoms with E-state index in [2.05, 4.69) is 17.0 Å². The molecule has 0 saturated heterocycles. The second-order valence-corrected chi connectivity index (χ2v) is 4.40. The third kappa shape index (κ3) is 8.72. The Labute approximate surface area is 99.9 Å². The Morgan fingerprint density at radius 1 is 1.19 bits per heavy atom. The molecule has 16 heavy (non-hydrogen) atoms. The molecule has 1 atom stereocenters. The summed E-state index contributed by atoms with van der Waals surface area (Å²) in [7, 11) is 1.44. The van der Waals surface area contributed by atoms with Gasteiger partial charge in [-0.15, -0.1) is 0 Å². The number of esters is 1. The van der Waals surface area contributed by atoms with Gasteiger partial charge in [-0.05, 0) is 13.0 Å². The summed E-state index contributed by atoms with van der Waals surface area (Å²) in [5.41, 5.74) is 0. The third-order valence-corrected chi connectivity index (χ3v) is 2.76. The van der Waals surface area contributed by atoms with Gasteiger partial charge in [0.15, 0.2) is 0 Å². The van der Waals surface area contributed by atoms with Crippen LogP contribution in [0.15, 0.2) is 0 Å². The molecule has 0 fully saturated rings. The highest BCUT2D eigenvalue weighted by molar-refractivity contribution is 5.71. The molecule has 0 heterocycles. The third-order valence-electron chi connectivity index (χ3n) is 2.76. The van der Waals surface area contributed by atoms with Crippen LogP contribution in [-0.2, 0) is 9.53 Å². The molecule has 3 nitrogen and oxygen atoms in total. The monoisotopic (exact) mass is 229 g/mol. The Kier molecular flexibility index (Phi) is 10.5. The number of methoxy groups -OCH3 is 1. The van der Waals surface area contributed by atoms with Gasteiger partial charge in [-0.1, -0.05) is 46.0 Å². The van der Waals surface area contributed by atoms with E-state index in [1.165, 1.54) is 45.6 Å². The molecule has 0 radical (unpaired) electrons. The first-order valence-corrected chi connectivity index (χ1v) is 6.50. The Morgan fingerprint density at radius 3 is 2.44 bits per heavy atom. The standard InChI is InChI=1S/C13H27NO2/c1-4-5-6-7-8-9-10-14-11-12(2)13(15)16-3/h12,14H,4-11H2,1-3H3/t12-/m0/s1. The minimum atomic E-state index is -0.129. The van der Waals surface area contributed by atoms with Crippen LogP contribution in [0.3, 0.4) is 0 Å². The number of hydrogen-bond acceptors (Lipinski definition) is 3. The number of unbranched alkanes of at least 4 members (excludes halogenated alkanes) is 5. The van der Waals surface area contributed by atoms with E-state index in [0.29, 0.717) is 0 Å². The van der Waals surface area contributed by atoms with Crippen molar-refractivity contribution in [2.24, 2.45) is 5.92 Å². The number of carbonyl (C=O) groups excluding carboxylic acids is 1. The highest BCUT2D eigenvalue weighted by atomic mass is 16.5. The summed E-state index contributed by atoms with van der Waals surface area (Å²) in [6.45, 7) is 5.85. The highest BCUT2D eigenvalue weighted by Gasteiger charge is 2.11. The molecular formula is C13H27NO2. The number of nitrogens with one attached hydrogen (secondary N) is 1. The molecule has 0 aromatic heterocycles. The van der Waals surface area contributed by atoms with E-state index >= 15 is 0 Å². The molecular weight excluding hydrogens is 202 g/mol. The van der Waals surface area contributed by atoms with E-state index in [1.807, 2.05) is 6.92 Å². The lowest BCUT2D eigenvalue weighted by atomic mass is 10.1. The van der Waals surface area contributed by atoms with Crippen molar-refractivity contribution in [1.29, 1.82) is 0 Å². The lowest BCUT2D eigenvalue weighted by Gasteiger charge is -2.10. The summed E-state index contributed by atoms with van der Waals surface area (Å²) in [6.07, 6.45) is 7.84. The molecule has 0 spiro atoms. The van der Waals surface area contributed by atoms with Gasteiger partial charge in [0.1, 0.15) is 0 Å². The second kappa shape index (κ2) is 10.9. The van der Waals surface area contributed by atoms with Gasteiger partial charge in [-0.3, -0.25) is 4.79 Å². The van der Waals surface area contributed by atoms with Crippen LogP contribution in [0.5, 0.6) is 0 Å². The van der Waals surface area contributed by atoms with Crippen LogP contribution >= 0.6 is 0 Å². The van der Waals surface area contributed by atoms with E-state index < -0.39 is 0 Å². The van der Waals surface area contributed by atoms with Crippen LogP contribution in [0.4, 0.5) is 0 Å². The largest absolute Gasteiger partial charge is 0.469 e. The van der Waals surface area contributed by atoms with E-state index in [4.69, 9.17) is 0 Å². The van der Waals surface area contributed by atoms with Gasteiger partial charge < -0.3 is 10.1 Å². The zero-order chi connectivity index (χ0) is 12.2. The van der Waals surface area contributed by atoms with Crippen LogP contribution in [0, 0.1) is 5.92 Å². The van der Waals surface area contributed by atoms with Crippen molar-refractivity contribution in [2.75, 3.05) is 20.2 Å². The predicted molar refractivity (Wildman–Crippen MR) is 67.4 cm³/mol. The van der Waals surface area contributed by atoms with Gasteiger partial charge in [-0.2, -0.15) is 0 Å². The van der Waals surface area contributed by atoms with Crippen LogP contribution in [0.1, 0.15) is 52.4 Å². The summed E-state index contributed by atoms with van der Waals surface area (Å²) in [4.78, 5) is 11.1. The van der Waals surface area contributed by atoms with Crippen molar-refractivity contribution < 1.29 is 9.53 Å². The predicted octanol–water partition coefficient (Wildman–Crippen LogP) is 2.75. The van der Waals surface area contributed by atoms with Crippen LogP contribution in [0.2, 0.25) is 0 Å². The van der Waals surface area contributed by atoms with Gasteiger partial charge in [0.2, 0.25) is 0 Å². The van der Waals surface area contributed by atoms with Gasteiger partial charge in [-0.25, -0.2) is 0 Å². The van der Waals surface area contributed by atoms with Crippen molar-refractivity contribution in [3.63, 3.8) is 0 Å². The molecule has 0 aliphatic heterocycles. The molecule has 0 unspecified atom stereocenters. The topological polar surface area (TPSA) is 38.3 Å². The highest BCUT2D eigenvalue weighted by Crippen LogP contribution is 2.04. The molecule has 0 rings (SSSR count). The maximum absolute atomic E-state index is 11.1. The molecule has 3 heteroatoms. The van der Waals surface area contributed by atoms with E-state index in [-0.39, 0.29) is 11.9 Å². The fraction of sp³-hybridized carbons (Fsp3) is 0.923. The van der Waals surface area contributed by atoms with Crippen LogP contribution < -0.4 is 5.32 Å². The smallest absolute Gasteiger partial charge is 0.309 e. The summed E-state index contributed by atoms with van der Waals surface area (Å²) < 4.78 is 4.66. The Hall–Kier alpha value is -0.570. The zero-order valence-electron chi connectivity index (χ0n) is 11.1. The number of rotatable bonds is 10. The fourth-order valence-electron chi connectivity index (χ4n) is 1.63. The number of ether oxygens (including phenoxy) is 1. The molecule has 0 aliphatic carbocycles. The average molecular weight is 229 g/mol. The lowest BCUT2D eigenvalue weighted by Crippen LogP contribution is -2.27. The molecule has 0 amide bonds. The minimum absolute atomic E-state index is 0.0370.